The van der Waals surface area contributed by atoms with Gasteiger partial charge in [0.25, 0.3) is 0 Å². The van der Waals surface area contributed by atoms with Crippen LogP contribution in [-0.2, 0) is 10.8 Å². The Kier molecular flexibility index (Phi) is 6.09. The minimum Gasteiger partial charge on any atom is -0.309 e. The van der Waals surface area contributed by atoms with Crippen LogP contribution in [-0.4, -0.2) is 4.57 Å². The smallest absolute Gasteiger partial charge is 0.0720 e. The SMILES string of the molecule is c1ccc(-n2c3ccccc3c3cc(-c4ccc5c(c4)C4(c6ccccc6-c6ccccc64)c4ccccc4C54c5ccccc5-c5ccccc54)ccc32)cc1. The maximum absolute atomic E-state index is 2.56. The first-order chi connectivity index (χ1) is 28.3. The van der Waals surface area contributed by atoms with Gasteiger partial charge in [0.2, 0.25) is 0 Å². The number of para-hydroxylation sites is 2. The van der Waals surface area contributed by atoms with E-state index in [-0.39, 0.29) is 0 Å². The molecule has 1 heteroatoms. The summed E-state index contributed by atoms with van der Waals surface area (Å²) in [6, 6.07) is 80.0. The van der Waals surface area contributed by atoms with E-state index in [1.54, 1.807) is 0 Å². The highest BCUT2D eigenvalue weighted by Crippen LogP contribution is 2.67. The molecule has 1 nitrogen and oxygen atoms in total. The van der Waals surface area contributed by atoms with Crippen molar-refractivity contribution in [2.45, 2.75) is 10.8 Å². The van der Waals surface area contributed by atoms with Crippen LogP contribution < -0.4 is 0 Å². The average Bonchev–Trinajstić information content (AvgIpc) is 3.89. The van der Waals surface area contributed by atoms with Crippen LogP contribution in [0.3, 0.4) is 0 Å². The maximum Gasteiger partial charge on any atom is 0.0720 e. The summed E-state index contributed by atoms with van der Waals surface area (Å²) in [7, 11) is 0. The Bertz CT molecular complexity index is 3220. The number of hydrogen-bond acceptors (Lipinski definition) is 0. The summed E-state index contributed by atoms with van der Waals surface area (Å²) < 4.78 is 2.40. The number of fused-ring (bicyclic) bond motifs is 19. The molecule has 0 saturated heterocycles. The minimum absolute atomic E-state index is 0.484. The number of hydrogen-bond donors (Lipinski definition) is 0. The zero-order valence-corrected chi connectivity index (χ0v) is 31.2. The molecule has 3 aliphatic carbocycles. The van der Waals surface area contributed by atoms with Crippen molar-refractivity contribution < 1.29 is 0 Å². The lowest BCUT2D eigenvalue weighted by Gasteiger charge is -2.49. The van der Waals surface area contributed by atoms with E-state index in [0.717, 1.165) is 0 Å². The number of rotatable bonds is 2. The van der Waals surface area contributed by atoms with Gasteiger partial charge in [-0.3, -0.25) is 0 Å². The average molecular weight is 722 g/mol. The van der Waals surface area contributed by atoms with Crippen molar-refractivity contribution in [1.29, 1.82) is 0 Å². The predicted octanol–water partition coefficient (Wildman–Crippen LogP) is 13.5. The normalized spacial score (nSPS) is 14.6. The molecule has 0 amide bonds. The molecule has 13 rings (SSSR count). The fourth-order valence-corrected chi connectivity index (χ4v) is 11.4. The van der Waals surface area contributed by atoms with Gasteiger partial charge < -0.3 is 4.57 Å². The van der Waals surface area contributed by atoms with Crippen LogP contribution >= 0.6 is 0 Å². The maximum atomic E-state index is 2.56. The van der Waals surface area contributed by atoms with Gasteiger partial charge in [-0.05, 0) is 114 Å². The molecule has 10 aromatic rings. The van der Waals surface area contributed by atoms with E-state index in [0.29, 0.717) is 0 Å². The van der Waals surface area contributed by atoms with Gasteiger partial charge in [0.1, 0.15) is 0 Å². The van der Waals surface area contributed by atoms with Crippen molar-refractivity contribution in [1.82, 2.24) is 4.57 Å². The van der Waals surface area contributed by atoms with Crippen LogP contribution in [0.15, 0.2) is 212 Å². The predicted molar refractivity (Wildman–Crippen MR) is 234 cm³/mol. The Balaban J connectivity index is 1.16. The van der Waals surface area contributed by atoms with E-state index >= 15 is 0 Å². The highest BCUT2D eigenvalue weighted by atomic mass is 15.0. The molecule has 264 valence electrons. The van der Waals surface area contributed by atoms with Gasteiger partial charge in [-0.25, -0.2) is 0 Å². The van der Waals surface area contributed by atoms with E-state index in [2.05, 4.69) is 217 Å². The standard InChI is InChI=1S/C56H35N/c1-2-16-38(17-3-1)57-53-29-15-8-22-43(53)44-34-36(31-33-54(44)57)37-30-32-51-52(35-37)56(47-25-11-6-20-41(47)42-21-7-12-26-48(42)56)50-28-14-13-27-49(50)55(51)45-23-9-4-18-39(45)40-19-5-10-24-46(40)55/h1-35H. The van der Waals surface area contributed by atoms with Crippen LogP contribution in [0.5, 0.6) is 0 Å². The van der Waals surface area contributed by atoms with E-state index in [1.165, 1.54) is 105 Å². The first-order valence-electron chi connectivity index (χ1n) is 20.0. The van der Waals surface area contributed by atoms with Gasteiger partial charge in [0, 0.05) is 16.5 Å². The first-order valence-corrected chi connectivity index (χ1v) is 20.0. The topological polar surface area (TPSA) is 4.93 Å². The lowest BCUT2D eigenvalue weighted by Crippen LogP contribution is -2.43. The van der Waals surface area contributed by atoms with Crippen molar-refractivity contribution in [2.75, 3.05) is 0 Å². The molecule has 2 spiro atoms. The van der Waals surface area contributed by atoms with Gasteiger partial charge in [-0.1, -0.05) is 176 Å². The van der Waals surface area contributed by atoms with Crippen LogP contribution in [0.4, 0.5) is 0 Å². The molecule has 0 aliphatic heterocycles. The Hall–Kier alpha value is -7.22. The number of nitrogens with zero attached hydrogens (tertiary/aromatic N) is 1. The van der Waals surface area contributed by atoms with Gasteiger partial charge in [0.05, 0.1) is 21.9 Å². The van der Waals surface area contributed by atoms with Gasteiger partial charge in [-0.15, -0.1) is 0 Å². The highest BCUT2D eigenvalue weighted by molar-refractivity contribution is 6.10. The number of benzene rings is 9. The molecule has 0 bridgehead atoms. The molecule has 0 fully saturated rings. The van der Waals surface area contributed by atoms with E-state index in [4.69, 9.17) is 0 Å². The van der Waals surface area contributed by atoms with Crippen molar-refractivity contribution >= 4 is 21.8 Å². The molecule has 3 aliphatic rings. The first kappa shape index (κ1) is 31.0. The van der Waals surface area contributed by atoms with Crippen molar-refractivity contribution in [3.8, 4) is 39.1 Å². The fourth-order valence-electron chi connectivity index (χ4n) is 11.4. The van der Waals surface area contributed by atoms with Crippen LogP contribution in [0.2, 0.25) is 0 Å². The molecule has 1 heterocycles. The van der Waals surface area contributed by atoms with Gasteiger partial charge in [-0.2, -0.15) is 0 Å². The minimum atomic E-state index is -0.514. The van der Waals surface area contributed by atoms with E-state index in [1.807, 2.05) is 0 Å². The van der Waals surface area contributed by atoms with Crippen molar-refractivity contribution in [3.63, 3.8) is 0 Å². The second kappa shape index (κ2) is 11.2. The summed E-state index contributed by atoms with van der Waals surface area (Å²) in [5, 5.41) is 2.52. The second-order valence-corrected chi connectivity index (χ2v) is 15.9. The number of aromatic nitrogens is 1. The quantitative estimate of drug-likeness (QED) is 0.167. The van der Waals surface area contributed by atoms with E-state index < -0.39 is 10.8 Å². The Morgan fingerprint density at radius 1 is 0.263 bits per heavy atom. The zero-order chi connectivity index (χ0) is 37.3. The molecular weight excluding hydrogens is 687 g/mol. The molecule has 9 aromatic carbocycles. The molecule has 57 heavy (non-hydrogen) atoms. The lowest BCUT2D eigenvalue weighted by atomic mass is 9.52. The largest absolute Gasteiger partial charge is 0.309 e. The third kappa shape index (κ3) is 3.75. The summed E-state index contributed by atoms with van der Waals surface area (Å²) in [6.07, 6.45) is 0. The summed E-state index contributed by atoms with van der Waals surface area (Å²) in [4.78, 5) is 0. The monoisotopic (exact) mass is 721 g/mol. The molecular formula is C56H35N. The molecule has 0 unspecified atom stereocenters. The van der Waals surface area contributed by atoms with Crippen LogP contribution in [0.25, 0.3) is 60.9 Å². The Labute approximate surface area is 331 Å². The second-order valence-electron chi connectivity index (χ2n) is 15.9. The molecule has 0 N–H and O–H groups in total. The third-order valence-electron chi connectivity index (χ3n) is 13.5. The molecule has 0 radical (unpaired) electrons. The summed E-state index contributed by atoms with van der Waals surface area (Å²) in [5.74, 6) is 0. The Morgan fingerprint density at radius 2 is 0.667 bits per heavy atom. The zero-order valence-electron chi connectivity index (χ0n) is 31.2. The fraction of sp³-hybridized carbons (Fsp3) is 0.0357. The molecule has 1 aromatic heterocycles. The van der Waals surface area contributed by atoms with Crippen LogP contribution in [0.1, 0.15) is 44.5 Å². The van der Waals surface area contributed by atoms with Gasteiger partial charge in [0.15, 0.2) is 0 Å². The molecule has 0 saturated carbocycles. The van der Waals surface area contributed by atoms with Crippen molar-refractivity contribution in [2.24, 2.45) is 0 Å². The van der Waals surface area contributed by atoms with E-state index in [9.17, 15) is 0 Å². The Morgan fingerprint density at radius 3 is 1.25 bits per heavy atom. The highest BCUT2D eigenvalue weighted by Gasteiger charge is 2.58. The summed E-state index contributed by atoms with van der Waals surface area (Å²) in [5.41, 5.74) is 21.2. The third-order valence-corrected chi connectivity index (χ3v) is 13.5. The summed E-state index contributed by atoms with van der Waals surface area (Å²) >= 11 is 0. The lowest BCUT2D eigenvalue weighted by molar-refractivity contribution is 0.633. The van der Waals surface area contributed by atoms with Gasteiger partial charge >= 0.3 is 0 Å². The van der Waals surface area contributed by atoms with Crippen LogP contribution in [0, 0.1) is 0 Å². The van der Waals surface area contributed by atoms with Crippen molar-refractivity contribution in [3.05, 3.63) is 257 Å². The molecule has 0 atom stereocenters. The summed E-state index contributed by atoms with van der Waals surface area (Å²) in [6.45, 7) is 0.